The quantitative estimate of drug-likeness (QED) is 0.284. The van der Waals surface area contributed by atoms with E-state index in [2.05, 4.69) is 5.32 Å². The summed E-state index contributed by atoms with van der Waals surface area (Å²) in [6, 6.07) is 14.2. The van der Waals surface area contributed by atoms with Gasteiger partial charge >= 0.3 is 6.09 Å². The van der Waals surface area contributed by atoms with Crippen LogP contribution in [-0.4, -0.2) is 35.5 Å². The second-order valence-electron chi connectivity index (χ2n) is 6.62. The van der Waals surface area contributed by atoms with E-state index < -0.39 is 24.0 Å². The van der Waals surface area contributed by atoms with Gasteiger partial charge in [0.2, 0.25) is 0 Å². The highest BCUT2D eigenvalue weighted by atomic mass is 16.6. The van der Waals surface area contributed by atoms with Crippen LogP contribution >= 0.6 is 0 Å². The van der Waals surface area contributed by atoms with Crippen LogP contribution < -0.4 is 15.5 Å². The first-order valence-electron chi connectivity index (χ1n) is 9.43. The summed E-state index contributed by atoms with van der Waals surface area (Å²) in [7, 11) is 0. The molecule has 8 heteroatoms. The lowest BCUT2D eigenvalue weighted by atomic mass is 9.96. The van der Waals surface area contributed by atoms with E-state index in [0.717, 1.165) is 11.6 Å². The first-order valence-corrected chi connectivity index (χ1v) is 9.43. The molecule has 4 N–H and O–H groups in total. The van der Waals surface area contributed by atoms with E-state index in [1.54, 1.807) is 43.3 Å². The zero-order valence-electron chi connectivity index (χ0n) is 16.9. The summed E-state index contributed by atoms with van der Waals surface area (Å²) in [6.45, 7) is 3.61. The zero-order chi connectivity index (χ0) is 21.9. The molecule has 0 saturated heterocycles. The van der Waals surface area contributed by atoms with E-state index in [1.165, 1.54) is 11.6 Å². The molecule has 0 fully saturated rings. The van der Waals surface area contributed by atoms with Crippen LogP contribution in [-0.2, 0) is 9.53 Å². The predicted molar refractivity (Wildman–Crippen MR) is 111 cm³/mol. The van der Waals surface area contributed by atoms with Gasteiger partial charge in [-0.05, 0) is 25.1 Å². The summed E-state index contributed by atoms with van der Waals surface area (Å²) in [5, 5.41) is 20.4. The predicted octanol–water partition coefficient (Wildman–Crippen LogP) is 3.35. The Labute approximate surface area is 175 Å². The smallest absolute Gasteiger partial charge is 0.412 e. The van der Waals surface area contributed by atoms with Crippen molar-refractivity contribution in [1.82, 2.24) is 5.48 Å². The minimum Gasteiger partial charge on any atom is -0.491 e. The molecule has 0 saturated carbocycles. The minimum atomic E-state index is -0.798. The Morgan fingerprint density at radius 1 is 1.13 bits per heavy atom. The van der Waals surface area contributed by atoms with Gasteiger partial charge in [-0.2, -0.15) is 0 Å². The average Bonchev–Trinajstić information content (AvgIpc) is 2.76. The number of aryl methyl sites for hydroxylation is 1. The molecule has 2 atom stereocenters. The first kappa shape index (κ1) is 22.9. The van der Waals surface area contributed by atoms with Crippen molar-refractivity contribution >= 4 is 17.7 Å². The molecule has 0 spiro atoms. The number of ether oxygens (including phenoxy) is 2. The van der Waals surface area contributed by atoms with Gasteiger partial charge in [-0.15, -0.1) is 0 Å². The van der Waals surface area contributed by atoms with Crippen molar-refractivity contribution < 1.29 is 29.4 Å². The lowest BCUT2D eigenvalue weighted by Gasteiger charge is -2.24. The van der Waals surface area contributed by atoms with Crippen LogP contribution in [0.15, 0.2) is 60.7 Å². The largest absolute Gasteiger partial charge is 0.491 e. The molecular weight excluding hydrogens is 388 g/mol. The second-order valence-corrected chi connectivity index (χ2v) is 6.62. The van der Waals surface area contributed by atoms with Gasteiger partial charge < -0.3 is 14.6 Å². The fourth-order valence-corrected chi connectivity index (χ4v) is 2.73. The first-order chi connectivity index (χ1) is 14.4. The number of hydrogen-bond donors (Lipinski definition) is 4. The summed E-state index contributed by atoms with van der Waals surface area (Å²) >= 11 is 0. The summed E-state index contributed by atoms with van der Waals surface area (Å²) in [5.41, 5.74) is 3.73. The van der Waals surface area contributed by atoms with E-state index in [-0.39, 0.29) is 13.2 Å². The van der Waals surface area contributed by atoms with E-state index in [4.69, 9.17) is 19.8 Å². The number of nitrogens with one attached hydrogen (secondary N) is 2. The van der Waals surface area contributed by atoms with E-state index in [0.29, 0.717) is 17.0 Å². The number of para-hydroxylation sites is 1. The molecule has 2 amide bonds. The standard InChI is InChI=1S/C22H26N2O6/c1-15-7-10-17(11-8-15)23-22(27)30-21(16(2)9-12-20(26)24-28)18-5-3-4-6-19(18)29-14-13-25/h3-12,16,21,25,28H,13-14H2,1-2H3,(H,23,27)(H,24,26)/b12-9+/t16-,21-/m1/s1. The molecule has 30 heavy (non-hydrogen) atoms. The lowest BCUT2D eigenvalue weighted by Crippen LogP contribution is -2.22. The Balaban J connectivity index is 2.27. The molecule has 0 aliphatic rings. The SMILES string of the molecule is Cc1ccc(NC(=O)O[C@@H](c2ccccc2OCCO)[C@H](C)/C=C/C(=O)NO)cc1. The summed E-state index contributed by atoms with van der Waals surface area (Å²) in [4.78, 5) is 23.9. The Morgan fingerprint density at radius 2 is 1.83 bits per heavy atom. The number of hydroxylamine groups is 1. The van der Waals surface area contributed by atoms with Crippen molar-refractivity contribution in [3.8, 4) is 5.75 Å². The van der Waals surface area contributed by atoms with Crippen molar-refractivity contribution in [3.63, 3.8) is 0 Å². The summed E-state index contributed by atoms with van der Waals surface area (Å²) in [6.07, 6.45) is 1.19. The second kappa shape index (κ2) is 11.6. The van der Waals surface area contributed by atoms with Crippen LogP contribution in [0, 0.1) is 12.8 Å². The van der Waals surface area contributed by atoms with Gasteiger partial charge in [-0.25, -0.2) is 10.3 Å². The summed E-state index contributed by atoms with van der Waals surface area (Å²) in [5.74, 6) is -0.689. The molecule has 0 aliphatic carbocycles. The Kier molecular flexibility index (Phi) is 8.86. The van der Waals surface area contributed by atoms with Gasteiger partial charge in [0.1, 0.15) is 18.5 Å². The highest BCUT2D eigenvalue weighted by molar-refractivity contribution is 5.86. The molecule has 0 heterocycles. The molecule has 0 radical (unpaired) electrons. The van der Waals surface area contributed by atoms with Crippen molar-refractivity contribution in [2.24, 2.45) is 5.92 Å². The van der Waals surface area contributed by atoms with E-state index >= 15 is 0 Å². The minimum absolute atomic E-state index is 0.0798. The number of carbonyl (C=O) groups is 2. The third kappa shape index (κ3) is 6.91. The molecule has 2 aromatic carbocycles. The molecule has 0 aromatic heterocycles. The van der Waals surface area contributed by atoms with Crippen molar-refractivity contribution in [2.75, 3.05) is 18.5 Å². The van der Waals surface area contributed by atoms with E-state index in [1.807, 2.05) is 19.1 Å². The Morgan fingerprint density at radius 3 is 2.50 bits per heavy atom. The maximum absolute atomic E-state index is 12.5. The van der Waals surface area contributed by atoms with Crippen molar-refractivity contribution in [2.45, 2.75) is 20.0 Å². The zero-order valence-corrected chi connectivity index (χ0v) is 16.9. The van der Waals surface area contributed by atoms with Crippen LogP contribution in [0.25, 0.3) is 0 Å². The highest BCUT2D eigenvalue weighted by Gasteiger charge is 2.25. The van der Waals surface area contributed by atoms with Crippen molar-refractivity contribution in [1.29, 1.82) is 0 Å². The van der Waals surface area contributed by atoms with Gasteiger partial charge in [0, 0.05) is 23.2 Å². The maximum atomic E-state index is 12.5. The van der Waals surface area contributed by atoms with Crippen LogP contribution in [0.4, 0.5) is 10.5 Å². The van der Waals surface area contributed by atoms with Crippen LogP contribution in [0.3, 0.4) is 0 Å². The molecule has 0 bridgehead atoms. The van der Waals surface area contributed by atoms with Gasteiger partial charge in [0.15, 0.2) is 0 Å². The number of hydrogen-bond acceptors (Lipinski definition) is 6. The molecule has 0 unspecified atom stereocenters. The van der Waals surface area contributed by atoms with Crippen molar-refractivity contribution in [3.05, 3.63) is 71.8 Å². The lowest BCUT2D eigenvalue weighted by molar-refractivity contribution is -0.124. The summed E-state index contributed by atoms with van der Waals surface area (Å²) < 4.78 is 11.3. The van der Waals surface area contributed by atoms with Crippen LogP contribution in [0.1, 0.15) is 24.2 Å². The fourth-order valence-electron chi connectivity index (χ4n) is 2.73. The van der Waals surface area contributed by atoms with Gasteiger partial charge in [-0.1, -0.05) is 48.9 Å². The monoisotopic (exact) mass is 414 g/mol. The number of amides is 2. The van der Waals surface area contributed by atoms with Crippen LogP contribution in [0.2, 0.25) is 0 Å². The Hall–Kier alpha value is -3.36. The molecule has 0 aliphatic heterocycles. The molecule has 2 aromatic rings. The molecule has 160 valence electrons. The normalized spacial score (nSPS) is 12.8. The molecular formula is C22H26N2O6. The average molecular weight is 414 g/mol. The number of aliphatic hydroxyl groups excluding tert-OH is 1. The third-order valence-electron chi connectivity index (χ3n) is 4.25. The highest BCUT2D eigenvalue weighted by Crippen LogP contribution is 2.34. The molecule has 8 nitrogen and oxygen atoms in total. The number of rotatable bonds is 9. The van der Waals surface area contributed by atoms with Gasteiger partial charge in [0.05, 0.1) is 6.61 Å². The van der Waals surface area contributed by atoms with Gasteiger partial charge in [0.25, 0.3) is 5.91 Å². The Bertz CT molecular complexity index is 866. The molecule has 2 rings (SSSR count). The third-order valence-corrected chi connectivity index (χ3v) is 4.25. The van der Waals surface area contributed by atoms with Crippen LogP contribution in [0.5, 0.6) is 5.75 Å². The number of anilines is 1. The number of aliphatic hydroxyl groups is 1. The topological polar surface area (TPSA) is 117 Å². The number of carbonyl (C=O) groups excluding carboxylic acids is 2. The number of benzene rings is 2. The van der Waals surface area contributed by atoms with E-state index in [9.17, 15) is 9.59 Å². The maximum Gasteiger partial charge on any atom is 0.412 e. The van der Waals surface area contributed by atoms with Gasteiger partial charge in [-0.3, -0.25) is 15.3 Å². The fraction of sp³-hybridized carbons (Fsp3) is 0.273.